The molecule has 1 N–H and O–H groups in total. The van der Waals surface area contributed by atoms with Crippen molar-refractivity contribution >= 4 is 22.5 Å². The lowest BCUT2D eigenvalue weighted by Crippen LogP contribution is -2.46. The van der Waals surface area contributed by atoms with Crippen molar-refractivity contribution in [3.05, 3.63) is 86.6 Å². The largest absolute Gasteiger partial charge is 0.356 e. The lowest BCUT2D eigenvalue weighted by atomic mass is 9.99. The maximum absolute atomic E-state index is 14.7. The van der Waals surface area contributed by atoms with Gasteiger partial charge in [0.25, 0.3) is 0 Å². The van der Waals surface area contributed by atoms with Crippen LogP contribution in [0.15, 0.2) is 47.7 Å². The van der Waals surface area contributed by atoms with E-state index in [9.17, 15) is 14.3 Å². The molecule has 2 aromatic carbocycles. The highest BCUT2D eigenvalue weighted by Crippen LogP contribution is 2.37. The summed E-state index contributed by atoms with van der Waals surface area (Å²) in [5.74, 6) is 0.218. The molecular formula is C31H35ClFN7O3. The van der Waals surface area contributed by atoms with E-state index in [4.69, 9.17) is 21.4 Å². The van der Waals surface area contributed by atoms with Crippen molar-refractivity contribution in [3.63, 3.8) is 0 Å². The van der Waals surface area contributed by atoms with Crippen molar-refractivity contribution in [2.75, 3.05) is 6.54 Å². The molecular weight excluding hydrogens is 573 g/mol. The molecule has 0 spiro atoms. The molecule has 43 heavy (non-hydrogen) atoms. The van der Waals surface area contributed by atoms with Crippen LogP contribution in [0.3, 0.4) is 0 Å². The second kappa shape index (κ2) is 10.4. The van der Waals surface area contributed by atoms with Gasteiger partial charge in [-0.25, -0.2) is 18.8 Å². The Kier molecular flexibility index (Phi) is 7.12. The predicted molar refractivity (Wildman–Crippen MR) is 163 cm³/mol. The van der Waals surface area contributed by atoms with Gasteiger partial charge in [0, 0.05) is 49.4 Å². The number of rotatable bonds is 5. The van der Waals surface area contributed by atoms with E-state index in [-0.39, 0.29) is 17.5 Å². The van der Waals surface area contributed by atoms with Gasteiger partial charge in [0.15, 0.2) is 0 Å². The Hall–Kier alpha value is -3.77. The standard InChI is InChI=1S/C31H35ClFN7O3/c1-17-14-20(15-18(2)27(17)33)40-28(25-19(3)37(11-10-22(25)35-40)30(42)43-31(4,5)6)39-13-12-38(29(39)41)24-9-8-23-21(26(24)32)16-34-36(23)7/h8-9,12-16,19,30,42H,10-11H2,1-7H3/t19-,30?/m0/s1. The summed E-state index contributed by atoms with van der Waals surface area (Å²) in [6.07, 6.45) is 4.37. The van der Waals surface area contributed by atoms with Gasteiger partial charge < -0.3 is 9.84 Å². The summed E-state index contributed by atoms with van der Waals surface area (Å²) in [5.41, 5.74) is 3.56. The molecule has 1 aliphatic heterocycles. The summed E-state index contributed by atoms with van der Waals surface area (Å²) >= 11 is 6.79. The molecule has 226 valence electrons. The highest BCUT2D eigenvalue weighted by atomic mass is 35.5. The smallest absolute Gasteiger partial charge is 0.338 e. The number of aliphatic hydroxyl groups excluding tert-OH is 1. The molecule has 0 amide bonds. The number of hydrogen-bond donors (Lipinski definition) is 1. The van der Waals surface area contributed by atoms with Crippen LogP contribution in [-0.2, 0) is 18.2 Å². The second-order valence-electron chi connectivity index (χ2n) is 12.1. The zero-order valence-corrected chi connectivity index (χ0v) is 26.0. The van der Waals surface area contributed by atoms with Gasteiger partial charge in [0.05, 0.1) is 39.4 Å². The van der Waals surface area contributed by atoms with Crippen LogP contribution in [0.5, 0.6) is 0 Å². The Morgan fingerprint density at radius 1 is 1.14 bits per heavy atom. The highest BCUT2D eigenvalue weighted by Gasteiger charge is 2.37. The number of fused-ring (bicyclic) bond motifs is 2. The van der Waals surface area contributed by atoms with E-state index in [0.717, 1.165) is 22.2 Å². The Balaban J connectivity index is 1.55. The average Bonchev–Trinajstić information content (AvgIpc) is 3.62. The summed E-state index contributed by atoms with van der Waals surface area (Å²) in [4.78, 5) is 16.0. The second-order valence-corrected chi connectivity index (χ2v) is 12.5. The van der Waals surface area contributed by atoms with E-state index >= 15 is 0 Å². The maximum atomic E-state index is 14.7. The first kappa shape index (κ1) is 29.3. The Morgan fingerprint density at radius 3 is 2.49 bits per heavy atom. The summed E-state index contributed by atoms with van der Waals surface area (Å²) < 4.78 is 27.0. The number of imidazole rings is 1. The minimum absolute atomic E-state index is 0.284. The number of benzene rings is 2. The summed E-state index contributed by atoms with van der Waals surface area (Å²) in [5, 5.41) is 21.4. The SMILES string of the molecule is Cc1cc(-n2nc3c(c2-n2ccn(-c4ccc5c(cnn5C)c4Cl)c2=O)[C@H](C)N(C(O)OC(C)(C)C)CC3)cc(C)c1F. The third-order valence-electron chi connectivity index (χ3n) is 8.01. The first-order valence-electron chi connectivity index (χ1n) is 14.2. The van der Waals surface area contributed by atoms with Gasteiger partial charge in [0.1, 0.15) is 11.6 Å². The van der Waals surface area contributed by atoms with Crippen molar-refractivity contribution in [2.45, 2.75) is 66.0 Å². The van der Waals surface area contributed by atoms with Gasteiger partial charge in [0.2, 0.25) is 6.41 Å². The van der Waals surface area contributed by atoms with Gasteiger partial charge in [-0.2, -0.15) is 10.2 Å². The molecule has 0 radical (unpaired) electrons. The summed E-state index contributed by atoms with van der Waals surface area (Å²) in [7, 11) is 1.83. The Bertz CT molecular complexity index is 1910. The fourth-order valence-corrected chi connectivity index (χ4v) is 6.20. The van der Waals surface area contributed by atoms with Gasteiger partial charge >= 0.3 is 5.69 Å². The first-order chi connectivity index (χ1) is 20.3. The molecule has 0 aliphatic carbocycles. The highest BCUT2D eigenvalue weighted by molar-refractivity contribution is 6.37. The van der Waals surface area contributed by atoms with E-state index < -0.39 is 12.0 Å². The molecule has 3 aromatic heterocycles. The minimum Gasteiger partial charge on any atom is -0.356 e. The molecule has 1 aliphatic rings. The van der Waals surface area contributed by atoms with E-state index in [0.29, 0.717) is 46.3 Å². The quantitative estimate of drug-likeness (QED) is 0.279. The van der Waals surface area contributed by atoms with Gasteiger partial charge in [-0.1, -0.05) is 11.6 Å². The van der Waals surface area contributed by atoms with Crippen LogP contribution in [-0.4, -0.2) is 57.3 Å². The Morgan fingerprint density at radius 2 is 1.81 bits per heavy atom. The molecule has 10 nitrogen and oxygen atoms in total. The number of halogens is 2. The maximum Gasteiger partial charge on any atom is 0.338 e. The van der Waals surface area contributed by atoms with Crippen LogP contribution >= 0.6 is 11.6 Å². The third kappa shape index (κ3) is 4.90. The molecule has 6 rings (SSSR count). The van der Waals surface area contributed by atoms with Crippen LogP contribution in [0, 0.1) is 19.7 Å². The van der Waals surface area contributed by atoms with Crippen molar-refractivity contribution in [3.8, 4) is 17.2 Å². The zero-order chi connectivity index (χ0) is 31.0. The molecule has 4 heterocycles. The van der Waals surface area contributed by atoms with Crippen LogP contribution in [0.1, 0.15) is 56.1 Å². The topological polar surface area (TPSA) is 95.3 Å². The number of hydrogen-bond acceptors (Lipinski definition) is 6. The molecule has 12 heteroatoms. The van der Waals surface area contributed by atoms with Gasteiger partial charge in [-0.3, -0.25) is 13.8 Å². The van der Waals surface area contributed by atoms with Gasteiger partial charge in [-0.05, 0) is 76.9 Å². The van der Waals surface area contributed by atoms with Crippen molar-refractivity contribution in [1.29, 1.82) is 0 Å². The van der Waals surface area contributed by atoms with Crippen LogP contribution < -0.4 is 5.69 Å². The average molecular weight is 608 g/mol. The van der Waals surface area contributed by atoms with Crippen LogP contribution in [0.2, 0.25) is 5.02 Å². The summed E-state index contributed by atoms with van der Waals surface area (Å²) in [6.45, 7) is 11.5. The van der Waals surface area contributed by atoms with Gasteiger partial charge in [-0.15, -0.1) is 0 Å². The van der Waals surface area contributed by atoms with E-state index in [1.54, 1.807) is 60.0 Å². The number of aryl methyl sites for hydroxylation is 3. The molecule has 0 saturated heterocycles. The number of nitrogens with zero attached hydrogens (tertiary/aromatic N) is 7. The van der Waals surface area contributed by atoms with E-state index in [2.05, 4.69) is 5.10 Å². The molecule has 0 bridgehead atoms. The van der Waals surface area contributed by atoms with Crippen molar-refractivity contribution < 1.29 is 14.2 Å². The van der Waals surface area contributed by atoms with Crippen LogP contribution in [0.4, 0.5) is 4.39 Å². The molecule has 5 aromatic rings. The number of ether oxygens (including phenoxy) is 1. The van der Waals surface area contributed by atoms with Crippen molar-refractivity contribution in [1.82, 2.24) is 33.6 Å². The zero-order valence-electron chi connectivity index (χ0n) is 25.3. The molecule has 1 unspecified atom stereocenters. The van der Waals surface area contributed by atoms with Crippen LogP contribution in [0.25, 0.3) is 28.1 Å². The first-order valence-corrected chi connectivity index (χ1v) is 14.6. The Labute approximate surface area is 253 Å². The van der Waals surface area contributed by atoms with Crippen molar-refractivity contribution in [2.24, 2.45) is 7.05 Å². The molecule has 0 fully saturated rings. The monoisotopic (exact) mass is 607 g/mol. The number of aromatic nitrogens is 6. The summed E-state index contributed by atoms with van der Waals surface area (Å²) in [6, 6.07) is 6.75. The predicted octanol–water partition coefficient (Wildman–Crippen LogP) is 5.12. The lowest BCUT2D eigenvalue weighted by molar-refractivity contribution is -0.249. The fraction of sp³-hybridized carbons (Fsp3) is 0.387. The molecule has 2 atom stereocenters. The number of aliphatic hydroxyl groups is 1. The van der Waals surface area contributed by atoms with E-state index in [1.165, 1.54) is 9.13 Å². The van der Waals surface area contributed by atoms with E-state index in [1.807, 2.05) is 45.7 Å². The normalized spacial score (nSPS) is 16.7. The lowest BCUT2D eigenvalue weighted by Gasteiger charge is -2.38. The fourth-order valence-electron chi connectivity index (χ4n) is 5.91. The third-order valence-corrected chi connectivity index (χ3v) is 8.41. The minimum atomic E-state index is -1.17. The molecule has 0 saturated carbocycles.